The minimum absolute atomic E-state index is 0.0553. The van der Waals surface area contributed by atoms with Crippen LogP contribution in [0.25, 0.3) is 0 Å². The molecule has 7 nitrogen and oxygen atoms in total. The number of aromatic nitrogens is 2. The molecule has 0 bridgehead atoms. The van der Waals surface area contributed by atoms with Crippen molar-refractivity contribution in [2.45, 2.75) is 19.4 Å². The van der Waals surface area contributed by atoms with Gasteiger partial charge in [-0.1, -0.05) is 30.3 Å². The van der Waals surface area contributed by atoms with Crippen LogP contribution in [0.1, 0.15) is 22.6 Å². The van der Waals surface area contributed by atoms with Crippen LogP contribution in [0.2, 0.25) is 0 Å². The van der Waals surface area contributed by atoms with Gasteiger partial charge in [0.25, 0.3) is 11.5 Å². The number of para-hydroxylation sites is 1. The Balaban J connectivity index is 1.42. The van der Waals surface area contributed by atoms with Crippen LogP contribution in [0.15, 0.2) is 59.4 Å². The molecule has 0 fully saturated rings. The van der Waals surface area contributed by atoms with E-state index in [1.54, 1.807) is 24.1 Å². The Bertz CT molecular complexity index is 1080. The molecule has 0 atom stereocenters. The Morgan fingerprint density at radius 2 is 1.87 bits per heavy atom. The van der Waals surface area contributed by atoms with E-state index in [2.05, 4.69) is 9.97 Å². The highest BCUT2D eigenvalue weighted by Crippen LogP contribution is 2.17. The van der Waals surface area contributed by atoms with Crippen LogP contribution in [0.5, 0.6) is 11.5 Å². The molecule has 1 aromatic heterocycles. The Hall–Kier alpha value is -3.61. The fourth-order valence-corrected chi connectivity index (χ4v) is 3.46. The SMILES string of the molecule is COc1ccc(Cc2nc3c(c(=O)[nH]2)CN(C(=O)COc2ccccc2)CC3)cc1. The van der Waals surface area contributed by atoms with Gasteiger partial charge < -0.3 is 19.4 Å². The molecule has 0 saturated heterocycles. The van der Waals surface area contributed by atoms with Crippen LogP contribution < -0.4 is 15.0 Å². The zero-order valence-electron chi connectivity index (χ0n) is 16.8. The number of amides is 1. The highest BCUT2D eigenvalue weighted by Gasteiger charge is 2.24. The number of ether oxygens (including phenoxy) is 2. The molecule has 7 heteroatoms. The van der Waals surface area contributed by atoms with Crippen LogP contribution in [0.3, 0.4) is 0 Å². The number of rotatable bonds is 6. The van der Waals surface area contributed by atoms with Crippen molar-refractivity contribution < 1.29 is 14.3 Å². The summed E-state index contributed by atoms with van der Waals surface area (Å²) < 4.78 is 10.7. The number of nitrogens with one attached hydrogen (secondary N) is 1. The second-order valence-corrected chi connectivity index (χ2v) is 7.13. The lowest BCUT2D eigenvalue weighted by atomic mass is 10.1. The number of carbonyl (C=O) groups excluding carboxylic acids is 1. The largest absolute Gasteiger partial charge is 0.497 e. The van der Waals surface area contributed by atoms with Gasteiger partial charge in [-0.25, -0.2) is 4.98 Å². The number of carbonyl (C=O) groups is 1. The van der Waals surface area contributed by atoms with Gasteiger partial charge in [-0.2, -0.15) is 0 Å². The van der Waals surface area contributed by atoms with Gasteiger partial charge in [0.2, 0.25) is 0 Å². The molecule has 1 amide bonds. The molecule has 0 radical (unpaired) electrons. The molecule has 4 rings (SSSR count). The Kier molecular flexibility index (Phi) is 5.79. The van der Waals surface area contributed by atoms with Crippen molar-refractivity contribution in [3.05, 3.63) is 87.6 Å². The normalized spacial score (nSPS) is 12.9. The second-order valence-electron chi connectivity index (χ2n) is 7.13. The molecule has 3 aromatic rings. The van der Waals surface area contributed by atoms with Gasteiger partial charge in [0.1, 0.15) is 17.3 Å². The molecule has 1 aliphatic heterocycles. The molecule has 0 spiro atoms. The number of fused-ring (bicyclic) bond motifs is 1. The van der Waals surface area contributed by atoms with E-state index in [9.17, 15) is 9.59 Å². The highest BCUT2D eigenvalue weighted by molar-refractivity contribution is 5.78. The molecule has 154 valence electrons. The summed E-state index contributed by atoms with van der Waals surface area (Å²) in [5, 5.41) is 0. The van der Waals surface area contributed by atoms with Crippen molar-refractivity contribution in [3.63, 3.8) is 0 Å². The van der Waals surface area contributed by atoms with E-state index < -0.39 is 0 Å². The molecule has 2 heterocycles. The summed E-state index contributed by atoms with van der Waals surface area (Å²) in [7, 11) is 1.62. The first-order valence-corrected chi connectivity index (χ1v) is 9.82. The maximum absolute atomic E-state index is 12.6. The quantitative estimate of drug-likeness (QED) is 0.681. The van der Waals surface area contributed by atoms with Crippen LogP contribution in [-0.4, -0.2) is 41.0 Å². The lowest BCUT2D eigenvalue weighted by Crippen LogP contribution is -2.41. The zero-order valence-corrected chi connectivity index (χ0v) is 16.8. The molecule has 1 aliphatic rings. The van der Waals surface area contributed by atoms with Gasteiger partial charge in [-0.15, -0.1) is 0 Å². The first-order valence-electron chi connectivity index (χ1n) is 9.82. The average Bonchev–Trinajstić information content (AvgIpc) is 2.78. The van der Waals surface area contributed by atoms with E-state index in [1.807, 2.05) is 42.5 Å². The maximum Gasteiger partial charge on any atom is 0.260 e. The van der Waals surface area contributed by atoms with Gasteiger partial charge in [-0.3, -0.25) is 9.59 Å². The number of methoxy groups -OCH3 is 1. The Morgan fingerprint density at radius 3 is 2.60 bits per heavy atom. The fraction of sp³-hybridized carbons (Fsp3) is 0.261. The zero-order chi connectivity index (χ0) is 20.9. The van der Waals surface area contributed by atoms with Gasteiger partial charge in [0.15, 0.2) is 6.61 Å². The molecular formula is C23H23N3O4. The number of H-pyrrole nitrogens is 1. The number of hydrogen-bond donors (Lipinski definition) is 1. The van der Waals surface area contributed by atoms with Crippen molar-refractivity contribution in [2.24, 2.45) is 0 Å². The standard InChI is InChI=1S/C23H23N3O4/c1-29-17-9-7-16(8-10-17)13-21-24-20-11-12-26(14-19(20)23(28)25-21)22(27)15-30-18-5-3-2-4-6-18/h2-10H,11-15H2,1H3,(H,24,25,28). The molecule has 2 aromatic carbocycles. The van der Waals surface area contributed by atoms with Crippen molar-refractivity contribution in [1.82, 2.24) is 14.9 Å². The van der Waals surface area contributed by atoms with Crippen molar-refractivity contribution in [3.8, 4) is 11.5 Å². The number of aromatic amines is 1. The third-order valence-corrected chi connectivity index (χ3v) is 5.11. The van der Waals surface area contributed by atoms with E-state index in [0.29, 0.717) is 36.5 Å². The third kappa shape index (κ3) is 4.51. The summed E-state index contributed by atoms with van der Waals surface area (Å²) in [4.78, 5) is 34.3. The molecule has 0 aliphatic carbocycles. The molecule has 30 heavy (non-hydrogen) atoms. The maximum atomic E-state index is 12.6. The topological polar surface area (TPSA) is 84.5 Å². The minimum Gasteiger partial charge on any atom is -0.497 e. The number of nitrogens with zero attached hydrogens (tertiary/aromatic N) is 2. The average molecular weight is 405 g/mol. The smallest absolute Gasteiger partial charge is 0.260 e. The lowest BCUT2D eigenvalue weighted by Gasteiger charge is -2.27. The van der Waals surface area contributed by atoms with Crippen LogP contribution in [-0.2, 0) is 24.2 Å². The predicted molar refractivity (Wildman–Crippen MR) is 112 cm³/mol. The Morgan fingerprint density at radius 1 is 1.10 bits per heavy atom. The van der Waals surface area contributed by atoms with E-state index in [0.717, 1.165) is 17.0 Å². The van der Waals surface area contributed by atoms with Crippen LogP contribution >= 0.6 is 0 Å². The van der Waals surface area contributed by atoms with Gasteiger partial charge in [0, 0.05) is 19.4 Å². The number of hydrogen-bond acceptors (Lipinski definition) is 5. The van der Waals surface area contributed by atoms with Gasteiger partial charge in [-0.05, 0) is 29.8 Å². The summed E-state index contributed by atoms with van der Waals surface area (Å²) >= 11 is 0. The summed E-state index contributed by atoms with van der Waals surface area (Å²) in [6.07, 6.45) is 1.08. The number of benzene rings is 2. The van der Waals surface area contributed by atoms with Crippen LogP contribution in [0.4, 0.5) is 0 Å². The summed E-state index contributed by atoms with van der Waals surface area (Å²) in [6.45, 7) is 0.708. The first kappa shape index (κ1) is 19.7. The predicted octanol–water partition coefficient (Wildman–Crippen LogP) is 2.33. The summed E-state index contributed by atoms with van der Waals surface area (Å²) in [5.41, 5.74) is 2.15. The van der Waals surface area contributed by atoms with E-state index in [-0.39, 0.29) is 24.6 Å². The fourth-order valence-electron chi connectivity index (χ4n) is 3.46. The van der Waals surface area contributed by atoms with E-state index in [1.165, 1.54) is 0 Å². The van der Waals surface area contributed by atoms with Crippen molar-refractivity contribution in [2.75, 3.05) is 20.3 Å². The van der Waals surface area contributed by atoms with E-state index >= 15 is 0 Å². The van der Waals surface area contributed by atoms with Gasteiger partial charge in [0.05, 0.1) is 24.9 Å². The highest BCUT2D eigenvalue weighted by atomic mass is 16.5. The minimum atomic E-state index is -0.190. The Labute approximate surface area is 174 Å². The third-order valence-electron chi connectivity index (χ3n) is 5.11. The monoisotopic (exact) mass is 405 g/mol. The molecule has 0 unspecified atom stereocenters. The summed E-state index contributed by atoms with van der Waals surface area (Å²) in [5.74, 6) is 1.90. The van der Waals surface area contributed by atoms with E-state index in [4.69, 9.17) is 9.47 Å². The summed E-state index contributed by atoms with van der Waals surface area (Å²) in [6, 6.07) is 16.9. The first-order chi connectivity index (χ1) is 14.6. The lowest BCUT2D eigenvalue weighted by molar-refractivity contribution is -0.134. The second kappa shape index (κ2) is 8.82. The van der Waals surface area contributed by atoms with Crippen molar-refractivity contribution in [1.29, 1.82) is 0 Å². The van der Waals surface area contributed by atoms with Crippen LogP contribution in [0, 0.1) is 0 Å². The van der Waals surface area contributed by atoms with Gasteiger partial charge >= 0.3 is 0 Å². The molecule has 1 N–H and O–H groups in total. The molecule has 0 saturated carbocycles. The molecular weight excluding hydrogens is 382 g/mol. The van der Waals surface area contributed by atoms with Crippen molar-refractivity contribution >= 4 is 5.91 Å².